The number of ether oxygens (including phenoxy) is 1. The van der Waals surface area contributed by atoms with Gasteiger partial charge >= 0.3 is 0 Å². The van der Waals surface area contributed by atoms with E-state index in [0.29, 0.717) is 23.4 Å². The lowest BCUT2D eigenvalue weighted by molar-refractivity contribution is -0.148. The molecule has 11 nitrogen and oxygen atoms in total. The first-order chi connectivity index (χ1) is 19.7. The molecular formula is C31H35N3O8. The van der Waals surface area contributed by atoms with E-state index >= 15 is 0 Å². The molecule has 0 aliphatic heterocycles. The third kappa shape index (κ3) is 4.19. The molecule has 0 heterocycles. The number of nitrogens with zero attached hydrogens (tertiary/aromatic N) is 2. The van der Waals surface area contributed by atoms with E-state index in [0.717, 1.165) is 11.1 Å². The van der Waals surface area contributed by atoms with Crippen molar-refractivity contribution in [3.63, 3.8) is 0 Å². The number of ketones is 2. The van der Waals surface area contributed by atoms with Crippen LogP contribution in [0.1, 0.15) is 27.9 Å². The fraction of sp³-hybridized carbons (Fsp3) is 0.387. The molecule has 3 aliphatic rings. The van der Waals surface area contributed by atoms with Gasteiger partial charge in [-0.15, -0.1) is 0 Å². The van der Waals surface area contributed by atoms with Gasteiger partial charge in [0.05, 0.1) is 18.7 Å². The van der Waals surface area contributed by atoms with Gasteiger partial charge in [0.2, 0.25) is 5.78 Å². The van der Waals surface area contributed by atoms with Gasteiger partial charge in [0.25, 0.3) is 5.91 Å². The number of rotatable bonds is 6. The number of carbonyl (C=O) groups excluding carboxylic acids is 3. The van der Waals surface area contributed by atoms with Gasteiger partial charge in [0.15, 0.2) is 11.4 Å². The summed E-state index contributed by atoms with van der Waals surface area (Å²) in [4.78, 5) is 43.1. The zero-order chi connectivity index (χ0) is 30.8. The minimum atomic E-state index is -2.67. The number of fused-ring (bicyclic) bond motifs is 3. The smallest absolute Gasteiger partial charge is 0.255 e. The quantitative estimate of drug-likeness (QED) is 0.319. The lowest BCUT2D eigenvalue weighted by Gasteiger charge is -2.50. The Kier molecular flexibility index (Phi) is 7.16. The lowest BCUT2D eigenvalue weighted by Crippen LogP contribution is -2.63. The normalized spacial score (nSPS) is 25.5. The number of Topliss-reactive ketones (excluding diaryl/α,β-unsaturated/α-hetero) is 2. The van der Waals surface area contributed by atoms with Crippen LogP contribution in [0, 0.1) is 11.8 Å². The molecule has 3 aliphatic carbocycles. The standard InChI is InChI=1S/C31H35N3O8/c1-33(2)13-16-10-14(6-9-21(16)42-5)17-7-8-20(35)23-18(17)11-15-12-19-25(34(3)4)27(37)24(30(32)40)29(39)31(19,41)28(38)22(15)26(23)36/h6-10,15,19,25,35,37-38,41H,11-13H2,1-5H3,(H2,32,40)/t15-,19-,25-,31-/m0/s1. The van der Waals surface area contributed by atoms with Crippen molar-refractivity contribution in [3.05, 3.63) is 69.7 Å². The molecular weight excluding hydrogens is 542 g/mol. The molecule has 0 spiro atoms. The van der Waals surface area contributed by atoms with Crippen LogP contribution in [0.15, 0.2) is 53.0 Å². The molecule has 1 amide bonds. The Morgan fingerprint density at radius 1 is 1.10 bits per heavy atom. The molecule has 0 saturated heterocycles. The van der Waals surface area contributed by atoms with Crippen LogP contribution >= 0.6 is 0 Å². The second kappa shape index (κ2) is 10.3. The third-order valence-electron chi connectivity index (χ3n) is 8.68. The topological polar surface area (TPSA) is 174 Å². The Bertz CT molecular complexity index is 1590. The molecule has 222 valence electrons. The number of allylic oxidation sites excluding steroid dienone is 1. The number of aliphatic hydroxyl groups is 3. The first-order valence-electron chi connectivity index (χ1n) is 13.6. The number of phenols is 1. The van der Waals surface area contributed by atoms with Gasteiger partial charge in [-0.25, -0.2) is 0 Å². The van der Waals surface area contributed by atoms with Crippen molar-refractivity contribution in [1.29, 1.82) is 0 Å². The number of hydrogen-bond donors (Lipinski definition) is 5. The first kappa shape index (κ1) is 29.3. The predicted molar refractivity (Wildman–Crippen MR) is 153 cm³/mol. The summed E-state index contributed by atoms with van der Waals surface area (Å²) >= 11 is 0. The molecule has 5 rings (SSSR count). The molecule has 0 saturated carbocycles. The Morgan fingerprint density at radius 2 is 1.79 bits per heavy atom. The number of primary amides is 1. The fourth-order valence-electron chi connectivity index (χ4n) is 6.93. The number of amides is 1. The molecule has 11 heteroatoms. The summed E-state index contributed by atoms with van der Waals surface area (Å²) in [5.74, 6) is -6.06. The Labute approximate surface area is 243 Å². The molecule has 0 unspecified atom stereocenters. The van der Waals surface area contributed by atoms with E-state index in [9.17, 15) is 34.8 Å². The van der Waals surface area contributed by atoms with Crippen molar-refractivity contribution in [2.24, 2.45) is 17.6 Å². The van der Waals surface area contributed by atoms with Gasteiger partial charge < -0.3 is 35.8 Å². The summed E-state index contributed by atoms with van der Waals surface area (Å²) in [6.07, 6.45) is 0.225. The van der Waals surface area contributed by atoms with Crippen molar-refractivity contribution < 1.29 is 39.5 Å². The SMILES string of the molecule is COc1ccc(-c2ccc(O)c3c2C[C@H]2C[C@H]4[C@H](N(C)C)C(O)=C(C(N)=O)C(=O)[C@@]4(O)C(O)=C2C3=O)cc1CN(C)C. The van der Waals surface area contributed by atoms with Crippen LogP contribution in [0.25, 0.3) is 11.1 Å². The zero-order valence-electron chi connectivity index (χ0n) is 24.1. The van der Waals surface area contributed by atoms with E-state index in [1.54, 1.807) is 27.3 Å². The minimum Gasteiger partial charge on any atom is -0.510 e. The van der Waals surface area contributed by atoms with Crippen molar-refractivity contribution in [2.75, 3.05) is 35.3 Å². The second-order valence-electron chi connectivity index (χ2n) is 11.7. The van der Waals surface area contributed by atoms with Gasteiger partial charge in [0.1, 0.15) is 28.6 Å². The Hall–Kier alpha value is -4.19. The number of hydrogen-bond acceptors (Lipinski definition) is 10. The number of carbonyl (C=O) groups is 3. The van der Waals surface area contributed by atoms with Gasteiger partial charge in [-0.1, -0.05) is 12.1 Å². The van der Waals surface area contributed by atoms with Gasteiger partial charge in [-0.2, -0.15) is 0 Å². The van der Waals surface area contributed by atoms with Crippen LogP contribution in [0.5, 0.6) is 11.5 Å². The monoisotopic (exact) mass is 577 g/mol. The van der Waals surface area contributed by atoms with Crippen molar-refractivity contribution in [2.45, 2.75) is 31.0 Å². The largest absolute Gasteiger partial charge is 0.510 e. The number of aromatic hydroxyl groups is 1. The average Bonchev–Trinajstić information content (AvgIpc) is 2.90. The number of likely N-dealkylation sites (N-methyl/N-ethyl adjacent to an activating group) is 1. The molecule has 42 heavy (non-hydrogen) atoms. The van der Waals surface area contributed by atoms with E-state index in [1.165, 1.54) is 11.0 Å². The van der Waals surface area contributed by atoms with E-state index in [2.05, 4.69) is 0 Å². The van der Waals surface area contributed by atoms with E-state index in [4.69, 9.17) is 10.5 Å². The number of methoxy groups -OCH3 is 1. The lowest BCUT2D eigenvalue weighted by atomic mass is 9.58. The van der Waals surface area contributed by atoms with Crippen molar-refractivity contribution >= 4 is 17.5 Å². The maximum atomic E-state index is 14.0. The van der Waals surface area contributed by atoms with E-state index < -0.39 is 58.0 Å². The van der Waals surface area contributed by atoms with Gasteiger partial charge in [-0.05, 0) is 81.8 Å². The zero-order valence-corrected chi connectivity index (χ0v) is 24.1. The van der Waals surface area contributed by atoms with Crippen LogP contribution in [0.4, 0.5) is 0 Å². The predicted octanol–water partition coefficient (Wildman–Crippen LogP) is 1.86. The number of nitrogens with two attached hydrogens (primary N) is 1. The van der Waals surface area contributed by atoms with E-state index in [1.807, 2.05) is 37.2 Å². The first-order valence-corrected chi connectivity index (χ1v) is 13.6. The molecule has 0 fully saturated rings. The molecule has 2 aromatic carbocycles. The summed E-state index contributed by atoms with van der Waals surface area (Å²) in [5.41, 5.74) is 4.66. The molecule has 6 N–H and O–H groups in total. The third-order valence-corrected chi connectivity index (χ3v) is 8.68. The van der Waals surface area contributed by atoms with Gasteiger partial charge in [-0.3, -0.25) is 19.3 Å². The molecule has 0 aromatic heterocycles. The summed E-state index contributed by atoms with van der Waals surface area (Å²) < 4.78 is 5.53. The highest BCUT2D eigenvalue weighted by Crippen LogP contribution is 2.53. The van der Waals surface area contributed by atoms with Crippen LogP contribution < -0.4 is 10.5 Å². The highest BCUT2D eigenvalue weighted by Gasteiger charge is 2.63. The number of benzene rings is 2. The summed E-state index contributed by atoms with van der Waals surface area (Å²) in [7, 11) is 8.66. The van der Waals surface area contributed by atoms with Gasteiger partial charge in [0, 0.05) is 23.6 Å². The molecule has 0 bridgehead atoms. The van der Waals surface area contributed by atoms with Crippen LogP contribution in [-0.4, -0.2) is 94.6 Å². The maximum absolute atomic E-state index is 14.0. The average molecular weight is 578 g/mol. The number of aliphatic hydroxyl groups excluding tert-OH is 2. The molecule has 4 atom stereocenters. The highest BCUT2D eigenvalue weighted by molar-refractivity contribution is 6.24. The Morgan fingerprint density at radius 3 is 2.38 bits per heavy atom. The Balaban J connectivity index is 1.69. The number of phenolic OH excluding ortho intramolecular Hbond substituents is 1. The second-order valence-corrected chi connectivity index (χ2v) is 11.7. The molecule has 2 aromatic rings. The summed E-state index contributed by atoms with van der Waals surface area (Å²) in [6, 6.07) is 7.77. The highest BCUT2D eigenvalue weighted by atomic mass is 16.5. The van der Waals surface area contributed by atoms with E-state index in [-0.39, 0.29) is 29.7 Å². The molecule has 0 radical (unpaired) electrons. The fourth-order valence-corrected chi connectivity index (χ4v) is 6.93. The van der Waals surface area contributed by atoms with Crippen molar-refractivity contribution in [3.8, 4) is 22.6 Å². The summed E-state index contributed by atoms with van der Waals surface area (Å²) in [5, 5.41) is 45.0. The van der Waals surface area contributed by atoms with Crippen molar-refractivity contribution in [1.82, 2.24) is 9.80 Å². The van der Waals surface area contributed by atoms with Crippen LogP contribution in [0.2, 0.25) is 0 Å². The minimum absolute atomic E-state index is 0.0232. The summed E-state index contributed by atoms with van der Waals surface area (Å²) in [6.45, 7) is 0.601. The maximum Gasteiger partial charge on any atom is 0.255 e. The van der Waals surface area contributed by atoms with Crippen LogP contribution in [0.3, 0.4) is 0 Å². The van der Waals surface area contributed by atoms with Crippen LogP contribution in [-0.2, 0) is 22.6 Å².